The first kappa shape index (κ1) is 11.3. The maximum Gasteiger partial charge on any atom is 0.233 e. The van der Waals surface area contributed by atoms with Crippen molar-refractivity contribution in [3.63, 3.8) is 0 Å². The van der Waals surface area contributed by atoms with Crippen LogP contribution in [-0.4, -0.2) is 26.5 Å². The van der Waals surface area contributed by atoms with Crippen molar-refractivity contribution in [3.05, 3.63) is 11.8 Å². The number of carbonyl (C=O) groups is 2. The average molecular weight is 248 g/mol. The second-order valence-corrected chi connectivity index (χ2v) is 5.72. The second kappa shape index (κ2) is 3.13. The molecule has 0 aromatic carbocycles. The minimum Gasteiger partial charge on any atom is -0.384 e. The van der Waals surface area contributed by atoms with E-state index in [1.54, 1.807) is 13.2 Å². The number of aryl methyl sites for hydroxylation is 1. The van der Waals surface area contributed by atoms with Gasteiger partial charge in [0.2, 0.25) is 11.8 Å². The Balaban J connectivity index is 1.83. The summed E-state index contributed by atoms with van der Waals surface area (Å²) in [5.74, 6) is 0.0812. The zero-order valence-corrected chi connectivity index (χ0v) is 10.7. The molecule has 0 bridgehead atoms. The molecule has 2 heterocycles. The van der Waals surface area contributed by atoms with Gasteiger partial charge in [0.05, 0.1) is 24.6 Å². The van der Waals surface area contributed by atoms with E-state index < -0.39 is 0 Å². The van der Waals surface area contributed by atoms with Gasteiger partial charge >= 0.3 is 0 Å². The summed E-state index contributed by atoms with van der Waals surface area (Å²) < 4.78 is 1.53. The summed E-state index contributed by atoms with van der Waals surface area (Å²) in [7, 11) is 1.73. The highest BCUT2D eigenvalue weighted by atomic mass is 16.2. The smallest absolute Gasteiger partial charge is 0.233 e. The zero-order valence-electron chi connectivity index (χ0n) is 10.7. The molecule has 1 aliphatic carbocycles. The maximum atomic E-state index is 12.1. The molecule has 6 heteroatoms. The van der Waals surface area contributed by atoms with E-state index in [0.29, 0.717) is 5.82 Å². The third-order valence-corrected chi connectivity index (χ3v) is 4.28. The molecule has 2 unspecified atom stereocenters. The Morgan fingerprint density at radius 3 is 2.33 bits per heavy atom. The van der Waals surface area contributed by atoms with E-state index in [2.05, 4.69) is 5.10 Å². The number of imide groups is 1. The molecule has 1 aromatic heterocycles. The summed E-state index contributed by atoms with van der Waals surface area (Å²) in [6, 6.07) is 0. The highest BCUT2D eigenvalue weighted by Crippen LogP contribution is 2.63. The first-order valence-corrected chi connectivity index (χ1v) is 5.97. The zero-order chi connectivity index (χ0) is 13.2. The van der Waals surface area contributed by atoms with Crippen LogP contribution in [0, 0.1) is 17.3 Å². The van der Waals surface area contributed by atoms with Crippen LogP contribution in [0.5, 0.6) is 0 Å². The van der Waals surface area contributed by atoms with E-state index in [4.69, 9.17) is 5.73 Å². The van der Waals surface area contributed by atoms with Crippen LogP contribution in [0.4, 0.5) is 5.82 Å². The Bertz CT molecular complexity index is 536. The molecule has 0 radical (unpaired) electrons. The molecule has 2 N–H and O–H groups in total. The molecule has 96 valence electrons. The first-order valence-electron chi connectivity index (χ1n) is 5.97. The third kappa shape index (κ3) is 1.20. The third-order valence-electron chi connectivity index (χ3n) is 4.28. The van der Waals surface area contributed by atoms with Crippen molar-refractivity contribution >= 4 is 17.6 Å². The maximum absolute atomic E-state index is 12.1. The topological polar surface area (TPSA) is 81.2 Å². The molecule has 2 atom stereocenters. The molecule has 2 fully saturated rings. The van der Waals surface area contributed by atoms with E-state index in [0.717, 1.165) is 5.56 Å². The standard InChI is InChI=1S/C12H16N4O2/c1-12(2)7-8(12)11(18)16(10(7)17)5-6-4-14-15(3)9(6)13/h4,7-8H,5,13H2,1-3H3. The summed E-state index contributed by atoms with van der Waals surface area (Å²) in [6.45, 7) is 4.17. The molecule has 3 rings (SSSR count). The van der Waals surface area contributed by atoms with Crippen LogP contribution in [0.25, 0.3) is 0 Å². The summed E-state index contributed by atoms with van der Waals surface area (Å²) >= 11 is 0. The van der Waals surface area contributed by atoms with E-state index in [1.807, 2.05) is 13.8 Å². The first-order chi connectivity index (χ1) is 8.35. The van der Waals surface area contributed by atoms with Crippen LogP contribution in [0.1, 0.15) is 19.4 Å². The van der Waals surface area contributed by atoms with Crippen LogP contribution in [0.15, 0.2) is 6.20 Å². The fourth-order valence-electron chi connectivity index (χ4n) is 2.94. The lowest BCUT2D eigenvalue weighted by molar-refractivity contribution is -0.143. The molecule has 2 amide bonds. The molecule has 18 heavy (non-hydrogen) atoms. The van der Waals surface area contributed by atoms with Crippen molar-refractivity contribution in [2.45, 2.75) is 20.4 Å². The monoisotopic (exact) mass is 248 g/mol. The number of fused-ring (bicyclic) bond motifs is 1. The van der Waals surface area contributed by atoms with E-state index in [9.17, 15) is 9.59 Å². The van der Waals surface area contributed by atoms with Crippen molar-refractivity contribution in [1.82, 2.24) is 14.7 Å². The summed E-state index contributed by atoms with van der Waals surface area (Å²) in [4.78, 5) is 25.6. The molecule has 1 saturated heterocycles. The number of nitrogens with two attached hydrogens (primary N) is 1. The number of nitrogen functional groups attached to an aromatic ring is 1. The van der Waals surface area contributed by atoms with Gasteiger partial charge in [-0.2, -0.15) is 5.10 Å². The largest absolute Gasteiger partial charge is 0.384 e. The van der Waals surface area contributed by atoms with Crippen LogP contribution in [-0.2, 0) is 23.2 Å². The van der Waals surface area contributed by atoms with Crippen molar-refractivity contribution in [3.8, 4) is 0 Å². The minimum absolute atomic E-state index is 0.0711. The van der Waals surface area contributed by atoms with Gasteiger partial charge in [-0.15, -0.1) is 0 Å². The van der Waals surface area contributed by atoms with Crippen molar-refractivity contribution in [2.75, 3.05) is 5.73 Å². The molecule has 0 spiro atoms. The molecule has 1 aliphatic heterocycles. The Morgan fingerprint density at radius 1 is 1.33 bits per heavy atom. The van der Waals surface area contributed by atoms with Gasteiger partial charge in [-0.25, -0.2) is 0 Å². The molecule has 1 aromatic rings. The second-order valence-electron chi connectivity index (χ2n) is 5.72. The van der Waals surface area contributed by atoms with Crippen molar-refractivity contribution in [1.29, 1.82) is 0 Å². The fourth-order valence-corrected chi connectivity index (χ4v) is 2.94. The highest BCUT2D eigenvalue weighted by molar-refractivity contribution is 6.10. The minimum atomic E-state index is -0.162. The number of hydrogen-bond donors (Lipinski definition) is 1. The van der Waals surface area contributed by atoms with Gasteiger partial charge in [0.25, 0.3) is 0 Å². The average Bonchev–Trinajstić information content (AvgIpc) is 2.59. The number of piperidine rings is 1. The summed E-state index contributed by atoms with van der Waals surface area (Å²) in [5.41, 5.74) is 6.38. The number of hydrogen-bond acceptors (Lipinski definition) is 4. The molecule has 2 aliphatic rings. The van der Waals surface area contributed by atoms with Gasteiger partial charge in [-0.3, -0.25) is 19.2 Å². The van der Waals surface area contributed by atoms with E-state index in [-0.39, 0.29) is 35.6 Å². The van der Waals surface area contributed by atoms with Crippen LogP contribution < -0.4 is 5.73 Å². The predicted octanol–water partition coefficient (Wildman–Crippen LogP) is 0.143. The van der Waals surface area contributed by atoms with Crippen LogP contribution in [0.2, 0.25) is 0 Å². The van der Waals surface area contributed by atoms with Crippen LogP contribution in [0.3, 0.4) is 0 Å². The highest BCUT2D eigenvalue weighted by Gasteiger charge is 2.72. The fraction of sp³-hybridized carbons (Fsp3) is 0.583. The van der Waals surface area contributed by atoms with Crippen LogP contribution >= 0.6 is 0 Å². The number of anilines is 1. The van der Waals surface area contributed by atoms with Gasteiger partial charge in [0.1, 0.15) is 5.82 Å². The lowest BCUT2D eigenvalue weighted by Crippen LogP contribution is -2.35. The van der Waals surface area contributed by atoms with Gasteiger partial charge in [-0.05, 0) is 5.41 Å². The normalized spacial score (nSPS) is 28.7. The number of amides is 2. The predicted molar refractivity (Wildman–Crippen MR) is 63.9 cm³/mol. The lowest BCUT2D eigenvalue weighted by Gasteiger charge is -2.20. The van der Waals surface area contributed by atoms with Gasteiger partial charge in [-0.1, -0.05) is 13.8 Å². The Hall–Kier alpha value is -1.85. The summed E-state index contributed by atoms with van der Waals surface area (Å²) in [6.07, 6.45) is 1.60. The van der Waals surface area contributed by atoms with Crippen molar-refractivity contribution in [2.24, 2.45) is 24.3 Å². The van der Waals surface area contributed by atoms with Crippen molar-refractivity contribution < 1.29 is 9.59 Å². The number of rotatable bonds is 2. The number of aromatic nitrogens is 2. The van der Waals surface area contributed by atoms with Gasteiger partial charge in [0, 0.05) is 12.6 Å². The van der Waals surface area contributed by atoms with Gasteiger partial charge < -0.3 is 5.73 Å². The Kier molecular flexibility index (Phi) is 1.95. The van der Waals surface area contributed by atoms with E-state index in [1.165, 1.54) is 9.58 Å². The Labute approximate surface area is 105 Å². The van der Waals surface area contributed by atoms with E-state index >= 15 is 0 Å². The number of likely N-dealkylation sites (tertiary alicyclic amines) is 1. The number of carbonyl (C=O) groups excluding carboxylic acids is 2. The Morgan fingerprint density at radius 2 is 1.89 bits per heavy atom. The molecule has 1 saturated carbocycles. The molecular formula is C12H16N4O2. The molecule has 6 nitrogen and oxygen atoms in total. The lowest BCUT2D eigenvalue weighted by atomic mass is 10.1. The SMILES string of the molecule is Cn1ncc(CN2C(=O)C3C(C2=O)C3(C)C)c1N. The van der Waals surface area contributed by atoms with Gasteiger partial charge in [0.15, 0.2) is 0 Å². The number of nitrogens with zero attached hydrogens (tertiary/aromatic N) is 3. The summed E-state index contributed by atoms with van der Waals surface area (Å²) in [5, 5.41) is 4.01. The quantitative estimate of drug-likeness (QED) is 0.755. The molecular weight excluding hydrogens is 232 g/mol.